The third-order valence-electron chi connectivity index (χ3n) is 12.5. The summed E-state index contributed by atoms with van der Waals surface area (Å²) in [6.07, 6.45) is -4.56. The fourth-order valence-electron chi connectivity index (χ4n) is 9.05. The van der Waals surface area contributed by atoms with E-state index in [-0.39, 0.29) is 62.8 Å². The van der Waals surface area contributed by atoms with Crippen molar-refractivity contribution >= 4 is 18.0 Å². The molecule has 3 heterocycles. The number of benzene rings is 1. The van der Waals surface area contributed by atoms with Crippen molar-refractivity contribution in [2.24, 2.45) is 23.7 Å². The van der Waals surface area contributed by atoms with Crippen LogP contribution in [0.5, 0.6) is 0 Å². The second kappa shape index (κ2) is 21.1. The largest absolute Gasteiger partial charge is 0.459 e. The quantitative estimate of drug-likeness (QED) is 0.0901. The molecule has 338 valence electrons. The summed E-state index contributed by atoms with van der Waals surface area (Å²) < 4.78 is 38.1. The Hall–Kier alpha value is -3.45. The molecule has 0 saturated carbocycles. The minimum Gasteiger partial charge on any atom is -0.459 e. The summed E-state index contributed by atoms with van der Waals surface area (Å²) in [7, 11) is 3.76. The monoisotopic (exact) mass is 847 g/mol. The SMILES string of the molecule is C=C1COC2[C@@H](C)/C(=C/COC(=O)NCc3ccc(C(=O)NO)cc3)[C@H](C)C[C@@](C)(OC1)[C@H](OC1O[C@H](C)C[C@H](N(C)C)[C@H]1O)[C@@H](C)[C@H](O)[C@@H](C)C(=O)O[C@H](CC)[C@@]2(C)O. The molecule has 2 unspecified atom stereocenters. The number of esters is 1. The van der Waals surface area contributed by atoms with Crippen LogP contribution in [0.1, 0.15) is 90.6 Å². The van der Waals surface area contributed by atoms with Gasteiger partial charge in [-0.1, -0.05) is 52.0 Å². The van der Waals surface area contributed by atoms with Crippen molar-refractivity contribution in [3.8, 4) is 0 Å². The first-order valence-electron chi connectivity index (χ1n) is 21.0. The highest BCUT2D eigenvalue weighted by Crippen LogP contribution is 2.43. The molecule has 4 rings (SSSR count). The molecule has 2 bridgehead atoms. The number of amides is 2. The molecule has 0 radical (unpaired) electrons. The van der Waals surface area contributed by atoms with Gasteiger partial charge in [0, 0.05) is 30.0 Å². The topological polar surface area (TPSA) is 215 Å². The van der Waals surface area contributed by atoms with Gasteiger partial charge in [-0.3, -0.25) is 14.8 Å². The van der Waals surface area contributed by atoms with Crippen LogP contribution in [0, 0.1) is 23.7 Å². The minimum atomic E-state index is -1.74. The van der Waals surface area contributed by atoms with E-state index < -0.39 is 83.7 Å². The molecular formula is C44H69N3O13. The third kappa shape index (κ3) is 11.7. The molecule has 16 heteroatoms. The minimum absolute atomic E-state index is 0.00950. The standard InChI is InChI=1S/C44H69N3O13/c1-12-34-44(9,53)38-27(5)32(17-18-55-42(52)45-21-30-13-15-31(16-14-30)39(50)46-54)25(3)20-43(8,57-23-24(2)22-56-38)37(28(6)35(48)29(7)40(51)59-34)60-41-36(49)33(47(10)11)19-26(4)58-41/h13-17,25-29,33-38,41,48-49,53-54H,2,12,18-23H2,1,3-11H3,(H,45,52)(H,46,50)/b32-17+/t25-,26-,27+,28+,29-,33+,34-,35+,36-,37-,38?,41?,43-,44-/m1/s1. The molecule has 3 aliphatic rings. The summed E-state index contributed by atoms with van der Waals surface area (Å²) in [6, 6.07) is 6.01. The van der Waals surface area contributed by atoms with E-state index >= 15 is 0 Å². The lowest BCUT2D eigenvalue weighted by Gasteiger charge is -2.48. The number of cyclic esters (lactones) is 1. The van der Waals surface area contributed by atoms with Crippen LogP contribution in [0.15, 0.2) is 48.1 Å². The summed E-state index contributed by atoms with van der Waals surface area (Å²) in [6.45, 7) is 18.6. The maximum atomic E-state index is 13.9. The Morgan fingerprint density at radius 2 is 1.70 bits per heavy atom. The number of likely N-dealkylation sites (N-methyl/N-ethyl adjacent to an activating group) is 1. The second-order valence-corrected chi connectivity index (χ2v) is 17.6. The highest BCUT2D eigenvalue weighted by atomic mass is 16.7. The zero-order chi connectivity index (χ0) is 44.7. The predicted molar refractivity (Wildman–Crippen MR) is 221 cm³/mol. The van der Waals surface area contributed by atoms with Crippen molar-refractivity contribution in [3.63, 3.8) is 0 Å². The zero-order valence-corrected chi connectivity index (χ0v) is 36.9. The van der Waals surface area contributed by atoms with Crippen molar-refractivity contribution in [2.45, 2.75) is 141 Å². The lowest BCUT2D eigenvalue weighted by molar-refractivity contribution is -0.303. The summed E-state index contributed by atoms with van der Waals surface area (Å²) in [5, 5.41) is 47.6. The Morgan fingerprint density at radius 1 is 1.03 bits per heavy atom. The lowest BCUT2D eigenvalue weighted by atomic mass is 9.72. The fraction of sp³-hybridized carbons (Fsp3) is 0.705. The molecule has 3 fully saturated rings. The lowest BCUT2D eigenvalue weighted by Crippen LogP contribution is -2.60. The molecule has 0 spiro atoms. The van der Waals surface area contributed by atoms with Gasteiger partial charge >= 0.3 is 12.1 Å². The molecule has 16 nitrogen and oxygen atoms in total. The van der Waals surface area contributed by atoms with E-state index in [1.54, 1.807) is 51.4 Å². The summed E-state index contributed by atoms with van der Waals surface area (Å²) in [5.74, 6) is -4.11. The number of nitrogens with one attached hydrogen (secondary N) is 2. The number of ether oxygens (including phenoxy) is 6. The summed E-state index contributed by atoms with van der Waals surface area (Å²) in [4.78, 5) is 40.5. The molecule has 1 aromatic rings. The Labute approximate surface area is 354 Å². The number of nitrogens with zero attached hydrogens (tertiary/aromatic N) is 1. The number of aliphatic hydroxyl groups excluding tert-OH is 2. The number of rotatable bonds is 9. The van der Waals surface area contributed by atoms with Gasteiger partial charge in [-0.25, -0.2) is 10.3 Å². The Balaban J connectivity index is 1.77. The number of alkyl carbamates (subject to hydrolysis) is 1. The molecule has 14 atom stereocenters. The number of fused-ring (bicyclic) bond motifs is 5. The van der Waals surface area contributed by atoms with Gasteiger partial charge in [0.15, 0.2) is 6.29 Å². The molecular weight excluding hydrogens is 778 g/mol. The normalized spacial score (nSPS) is 38.0. The summed E-state index contributed by atoms with van der Waals surface area (Å²) >= 11 is 0. The number of hydrogen-bond donors (Lipinski definition) is 6. The van der Waals surface area contributed by atoms with E-state index in [1.165, 1.54) is 12.1 Å². The highest BCUT2D eigenvalue weighted by Gasteiger charge is 2.52. The Kier molecular flexibility index (Phi) is 17.3. The van der Waals surface area contributed by atoms with Crippen LogP contribution in [-0.2, 0) is 39.8 Å². The van der Waals surface area contributed by atoms with E-state index in [0.717, 1.165) is 5.57 Å². The van der Waals surface area contributed by atoms with Crippen LogP contribution >= 0.6 is 0 Å². The van der Waals surface area contributed by atoms with Gasteiger partial charge < -0.3 is 54.0 Å². The molecule has 0 aromatic heterocycles. The van der Waals surface area contributed by atoms with Crippen molar-refractivity contribution in [1.82, 2.24) is 15.7 Å². The van der Waals surface area contributed by atoms with Crippen LogP contribution in [-0.4, -0.2) is 137 Å². The molecule has 6 N–H and O–H groups in total. The van der Waals surface area contributed by atoms with Crippen LogP contribution in [0.3, 0.4) is 0 Å². The van der Waals surface area contributed by atoms with E-state index in [9.17, 15) is 29.7 Å². The predicted octanol–water partition coefficient (Wildman–Crippen LogP) is 3.88. The van der Waals surface area contributed by atoms with Crippen molar-refractivity contribution in [2.75, 3.05) is 33.9 Å². The molecule has 0 aliphatic carbocycles. The smallest absolute Gasteiger partial charge is 0.407 e. The average molecular weight is 848 g/mol. The van der Waals surface area contributed by atoms with Gasteiger partial charge in [0.2, 0.25) is 0 Å². The number of hydrogen-bond acceptors (Lipinski definition) is 14. The van der Waals surface area contributed by atoms with Gasteiger partial charge in [-0.2, -0.15) is 0 Å². The number of aliphatic hydroxyl groups is 3. The molecule has 60 heavy (non-hydrogen) atoms. The van der Waals surface area contributed by atoms with Crippen molar-refractivity contribution in [1.29, 1.82) is 0 Å². The Morgan fingerprint density at radius 3 is 2.32 bits per heavy atom. The average Bonchev–Trinajstić information content (AvgIpc) is 3.22. The summed E-state index contributed by atoms with van der Waals surface area (Å²) in [5.41, 5.74) is 0.864. The van der Waals surface area contributed by atoms with E-state index in [2.05, 4.69) is 11.9 Å². The Bertz CT molecular complexity index is 1650. The van der Waals surface area contributed by atoms with Crippen molar-refractivity contribution < 1.29 is 63.3 Å². The van der Waals surface area contributed by atoms with Crippen LogP contribution < -0.4 is 10.8 Å². The van der Waals surface area contributed by atoms with Gasteiger partial charge in [0.1, 0.15) is 24.4 Å². The van der Waals surface area contributed by atoms with E-state index in [1.807, 2.05) is 46.7 Å². The van der Waals surface area contributed by atoms with Gasteiger partial charge in [-0.15, -0.1) is 0 Å². The fourth-order valence-corrected chi connectivity index (χ4v) is 9.05. The van der Waals surface area contributed by atoms with E-state index in [0.29, 0.717) is 17.6 Å². The van der Waals surface area contributed by atoms with Gasteiger partial charge in [0.05, 0.1) is 49.1 Å². The number of carbonyl (C=O) groups excluding carboxylic acids is 3. The molecule has 3 saturated heterocycles. The first kappa shape index (κ1) is 49.2. The third-order valence-corrected chi connectivity index (χ3v) is 12.5. The number of carbonyl (C=O) groups is 3. The maximum Gasteiger partial charge on any atom is 0.407 e. The first-order valence-corrected chi connectivity index (χ1v) is 21.0. The van der Waals surface area contributed by atoms with Crippen LogP contribution in [0.2, 0.25) is 0 Å². The second-order valence-electron chi connectivity index (χ2n) is 17.6. The first-order chi connectivity index (χ1) is 28.1. The molecule has 2 amide bonds. The van der Waals surface area contributed by atoms with E-state index in [4.69, 9.17) is 33.6 Å². The highest BCUT2D eigenvalue weighted by molar-refractivity contribution is 5.93. The van der Waals surface area contributed by atoms with Crippen LogP contribution in [0.25, 0.3) is 0 Å². The molecule has 1 aromatic carbocycles. The maximum absolute atomic E-state index is 13.9. The van der Waals surface area contributed by atoms with Crippen LogP contribution in [0.4, 0.5) is 4.79 Å². The van der Waals surface area contributed by atoms with Gasteiger partial charge in [-0.05, 0) is 96.3 Å². The number of hydroxylamine groups is 1. The van der Waals surface area contributed by atoms with Gasteiger partial charge in [0.25, 0.3) is 5.91 Å². The zero-order valence-electron chi connectivity index (χ0n) is 36.9. The molecule has 3 aliphatic heterocycles. The van der Waals surface area contributed by atoms with Crippen molar-refractivity contribution in [3.05, 3.63) is 59.2 Å².